The smallest absolute Gasteiger partial charge is 0.264 e. The average Bonchev–Trinajstić information content (AvgIpc) is 3.27. The number of anilines is 2. The van der Waals surface area contributed by atoms with Crippen molar-refractivity contribution < 1.29 is 5.11 Å². The van der Waals surface area contributed by atoms with Gasteiger partial charge in [0, 0.05) is 26.7 Å². The third kappa shape index (κ3) is 3.54. The van der Waals surface area contributed by atoms with E-state index < -0.39 is 0 Å². The van der Waals surface area contributed by atoms with Crippen LogP contribution in [0.25, 0.3) is 20.8 Å². The van der Waals surface area contributed by atoms with E-state index in [1.165, 1.54) is 11.3 Å². The molecule has 0 radical (unpaired) electrons. The van der Waals surface area contributed by atoms with Crippen LogP contribution in [0.4, 0.5) is 11.8 Å². The van der Waals surface area contributed by atoms with E-state index in [0.717, 1.165) is 29.5 Å². The molecule has 27 heavy (non-hydrogen) atoms. The van der Waals surface area contributed by atoms with Gasteiger partial charge in [0.25, 0.3) is 5.56 Å². The van der Waals surface area contributed by atoms with Gasteiger partial charge in [0.15, 0.2) is 0 Å². The number of H-pyrrole nitrogens is 1. The van der Waals surface area contributed by atoms with Crippen LogP contribution in [0.3, 0.4) is 0 Å². The summed E-state index contributed by atoms with van der Waals surface area (Å²) in [6.45, 7) is 0.203. The number of thiazole rings is 1. The van der Waals surface area contributed by atoms with Crippen molar-refractivity contribution in [1.82, 2.24) is 15.0 Å². The van der Waals surface area contributed by atoms with Crippen molar-refractivity contribution in [2.45, 2.75) is 25.3 Å². The highest BCUT2D eigenvalue weighted by Crippen LogP contribution is 2.34. The summed E-state index contributed by atoms with van der Waals surface area (Å²) in [7, 11) is 3.69. The quantitative estimate of drug-likeness (QED) is 0.625. The van der Waals surface area contributed by atoms with E-state index in [1.807, 2.05) is 38.4 Å². The SMILES string of the molecule is CN(C)c1nc(NC2CCC(CO)C2)c(-c2nc3ccccc3s2)c(=O)[nH]1. The number of rotatable bonds is 5. The maximum absolute atomic E-state index is 12.9. The Kier molecular flexibility index (Phi) is 4.84. The minimum Gasteiger partial charge on any atom is -0.396 e. The van der Waals surface area contributed by atoms with Gasteiger partial charge in [-0.15, -0.1) is 11.3 Å². The van der Waals surface area contributed by atoms with Crippen molar-refractivity contribution in [2.75, 3.05) is 30.9 Å². The Morgan fingerprint density at radius 3 is 2.81 bits per heavy atom. The number of hydrogen-bond acceptors (Lipinski definition) is 7. The fourth-order valence-electron chi connectivity index (χ4n) is 3.52. The van der Waals surface area contributed by atoms with Crippen LogP contribution in [-0.2, 0) is 0 Å². The normalized spacial score (nSPS) is 19.5. The van der Waals surface area contributed by atoms with Crippen LogP contribution >= 0.6 is 11.3 Å². The zero-order valence-corrected chi connectivity index (χ0v) is 16.2. The summed E-state index contributed by atoms with van der Waals surface area (Å²) < 4.78 is 1.04. The standard InChI is InChI=1S/C19H23N5O2S/c1-24(2)19-22-16(20-12-8-7-11(9-12)10-25)15(17(26)23-19)18-21-13-5-3-4-6-14(13)27-18/h3-6,11-12,25H,7-10H2,1-2H3,(H2,20,22,23,26). The first kappa shape index (κ1) is 17.9. The Labute approximate surface area is 161 Å². The molecule has 0 spiro atoms. The number of aromatic amines is 1. The monoisotopic (exact) mass is 385 g/mol. The molecule has 0 bridgehead atoms. The lowest BCUT2D eigenvalue weighted by Crippen LogP contribution is -2.25. The van der Waals surface area contributed by atoms with Crippen molar-refractivity contribution in [2.24, 2.45) is 5.92 Å². The number of aliphatic hydroxyl groups is 1. The molecule has 8 heteroatoms. The molecule has 2 aromatic heterocycles. The molecule has 1 aromatic carbocycles. The Balaban J connectivity index is 1.78. The fraction of sp³-hybridized carbons (Fsp3) is 0.421. The number of para-hydroxylation sites is 1. The summed E-state index contributed by atoms with van der Waals surface area (Å²) >= 11 is 1.49. The molecular formula is C19H23N5O2S. The number of aromatic nitrogens is 3. The number of benzene rings is 1. The molecule has 7 nitrogen and oxygen atoms in total. The molecule has 0 amide bonds. The molecule has 2 unspecified atom stereocenters. The summed E-state index contributed by atoms with van der Waals surface area (Å²) in [4.78, 5) is 26.8. The molecule has 142 valence electrons. The first-order valence-electron chi connectivity index (χ1n) is 9.10. The summed E-state index contributed by atoms with van der Waals surface area (Å²) in [5, 5.41) is 13.5. The van der Waals surface area contributed by atoms with Crippen molar-refractivity contribution in [1.29, 1.82) is 0 Å². The van der Waals surface area contributed by atoms with E-state index in [2.05, 4.69) is 20.3 Å². The second-order valence-corrected chi connectivity index (χ2v) is 8.23. The Hall–Kier alpha value is -2.45. The van der Waals surface area contributed by atoms with Crippen LogP contribution in [0, 0.1) is 5.92 Å². The van der Waals surface area contributed by atoms with Crippen LogP contribution in [0.15, 0.2) is 29.1 Å². The van der Waals surface area contributed by atoms with Gasteiger partial charge >= 0.3 is 0 Å². The lowest BCUT2D eigenvalue weighted by atomic mass is 10.1. The van der Waals surface area contributed by atoms with Crippen LogP contribution in [0.1, 0.15) is 19.3 Å². The van der Waals surface area contributed by atoms with Gasteiger partial charge in [0.2, 0.25) is 5.95 Å². The molecule has 1 aliphatic rings. The number of nitrogens with zero attached hydrogens (tertiary/aromatic N) is 3. The molecule has 4 rings (SSSR count). The van der Waals surface area contributed by atoms with E-state index in [1.54, 1.807) is 4.90 Å². The van der Waals surface area contributed by atoms with Gasteiger partial charge in [-0.25, -0.2) is 4.98 Å². The highest BCUT2D eigenvalue weighted by molar-refractivity contribution is 7.21. The first-order valence-corrected chi connectivity index (χ1v) is 9.91. The topological polar surface area (TPSA) is 94.1 Å². The van der Waals surface area contributed by atoms with Crippen LogP contribution in [-0.4, -0.2) is 46.8 Å². The van der Waals surface area contributed by atoms with Gasteiger partial charge in [0.05, 0.1) is 10.2 Å². The molecule has 3 N–H and O–H groups in total. The van der Waals surface area contributed by atoms with Gasteiger partial charge < -0.3 is 15.3 Å². The van der Waals surface area contributed by atoms with Gasteiger partial charge in [-0.3, -0.25) is 9.78 Å². The highest BCUT2D eigenvalue weighted by atomic mass is 32.1. The van der Waals surface area contributed by atoms with Crippen LogP contribution in [0.2, 0.25) is 0 Å². The number of aliphatic hydroxyl groups excluding tert-OH is 1. The maximum atomic E-state index is 12.9. The van der Waals surface area contributed by atoms with Gasteiger partial charge in [-0.1, -0.05) is 12.1 Å². The van der Waals surface area contributed by atoms with Crippen LogP contribution < -0.4 is 15.8 Å². The van der Waals surface area contributed by atoms with Crippen molar-refractivity contribution >= 4 is 33.3 Å². The molecular weight excluding hydrogens is 362 g/mol. The van der Waals surface area contributed by atoms with Gasteiger partial charge in [0.1, 0.15) is 16.4 Å². The first-order chi connectivity index (χ1) is 13.0. The molecule has 0 saturated heterocycles. The third-order valence-electron chi connectivity index (χ3n) is 4.98. The minimum absolute atomic E-state index is 0.194. The van der Waals surface area contributed by atoms with Crippen molar-refractivity contribution in [3.8, 4) is 10.6 Å². The predicted octanol–water partition coefficient (Wildman–Crippen LogP) is 2.69. The molecule has 1 aliphatic carbocycles. The van der Waals surface area contributed by atoms with Crippen LogP contribution in [0.5, 0.6) is 0 Å². The molecule has 1 saturated carbocycles. The molecule has 1 fully saturated rings. The van der Waals surface area contributed by atoms with E-state index in [0.29, 0.717) is 28.3 Å². The lowest BCUT2D eigenvalue weighted by molar-refractivity contribution is 0.229. The Morgan fingerprint density at radius 2 is 2.11 bits per heavy atom. The molecule has 2 atom stereocenters. The zero-order chi connectivity index (χ0) is 19.0. The Morgan fingerprint density at radius 1 is 1.30 bits per heavy atom. The van der Waals surface area contributed by atoms with Crippen molar-refractivity contribution in [3.05, 3.63) is 34.6 Å². The molecule has 2 heterocycles. The van der Waals surface area contributed by atoms with E-state index >= 15 is 0 Å². The second kappa shape index (κ2) is 7.28. The third-order valence-corrected chi connectivity index (χ3v) is 6.03. The van der Waals surface area contributed by atoms with Gasteiger partial charge in [-0.2, -0.15) is 4.98 Å². The molecule has 3 aromatic rings. The zero-order valence-electron chi connectivity index (χ0n) is 15.4. The number of fused-ring (bicyclic) bond motifs is 1. The number of nitrogens with one attached hydrogen (secondary N) is 2. The summed E-state index contributed by atoms with van der Waals surface area (Å²) in [5.41, 5.74) is 1.15. The highest BCUT2D eigenvalue weighted by Gasteiger charge is 2.27. The van der Waals surface area contributed by atoms with Crippen molar-refractivity contribution in [3.63, 3.8) is 0 Å². The summed E-state index contributed by atoms with van der Waals surface area (Å²) in [5.74, 6) is 1.37. The Bertz CT molecular complexity index is 980. The fourth-order valence-corrected chi connectivity index (χ4v) is 4.53. The van der Waals surface area contributed by atoms with E-state index in [4.69, 9.17) is 0 Å². The minimum atomic E-state index is -0.202. The van der Waals surface area contributed by atoms with E-state index in [9.17, 15) is 9.90 Å². The van der Waals surface area contributed by atoms with E-state index in [-0.39, 0.29) is 18.2 Å². The largest absolute Gasteiger partial charge is 0.396 e. The number of hydrogen-bond donors (Lipinski definition) is 3. The summed E-state index contributed by atoms with van der Waals surface area (Å²) in [6.07, 6.45) is 2.81. The molecule has 0 aliphatic heterocycles. The van der Waals surface area contributed by atoms with Gasteiger partial charge in [-0.05, 0) is 37.3 Å². The second-order valence-electron chi connectivity index (χ2n) is 7.20. The maximum Gasteiger partial charge on any atom is 0.264 e. The average molecular weight is 385 g/mol. The lowest BCUT2D eigenvalue weighted by Gasteiger charge is -2.18. The summed E-state index contributed by atoms with van der Waals surface area (Å²) in [6, 6.07) is 8.05. The predicted molar refractivity (Wildman–Crippen MR) is 110 cm³/mol.